The molecule has 7 heteroatoms. The highest BCUT2D eigenvalue weighted by Crippen LogP contribution is 2.16. The molecule has 0 amide bonds. The molecule has 1 aliphatic heterocycles. The van der Waals surface area contributed by atoms with E-state index in [1.807, 2.05) is 23.1 Å². The number of halogens is 1. The minimum atomic E-state index is -0.284. The van der Waals surface area contributed by atoms with Crippen molar-refractivity contribution < 1.29 is 4.39 Å². The third-order valence-electron chi connectivity index (χ3n) is 3.74. The smallest absolute Gasteiger partial charge is 0.271 e. The van der Waals surface area contributed by atoms with Gasteiger partial charge in [0.15, 0.2) is 4.80 Å². The van der Waals surface area contributed by atoms with Gasteiger partial charge in [0.25, 0.3) is 5.56 Å². The van der Waals surface area contributed by atoms with Gasteiger partial charge in [0.2, 0.25) is 0 Å². The van der Waals surface area contributed by atoms with Gasteiger partial charge in [-0.05, 0) is 42.5 Å². The second-order valence-corrected chi connectivity index (χ2v) is 6.35. The van der Waals surface area contributed by atoms with Crippen LogP contribution >= 0.6 is 11.3 Å². The summed E-state index contributed by atoms with van der Waals surface area (Å²) in [5.41, 5.74) is 1.49. The maximum atomic E-state index is 13.1. The molecule has 0 aliphatic carbocycles. The first-order valence-electron chi connectivity index (χ1n) is 7.38. The van der Waals surface area contributed by atoms with Crippen molar-refractivity contribution in [2.45, 2.75) is 6.67 Å². The highest BCUT2D eigenvalue weighted by atomic mass is 32.1. The van der Waals surface area contributed by atoms with Crippen LogP contribution in [0, 0.1) is 5.82 Å². The van der Waals surface area contributed by atoms with Crippen LogP contribution in [0.4, 0.5) is 10.1 Å². The van der Waals surface area contributed by atoms with Crippen LogP contribution in [0.15, 0.2) is 58.4 Å². The van der Waals surface area contributed by atoms with E-state index in [9.17, 15) is 9.18 Å². The fraction of sp³-hybridized carbons (Fsp3) is 0.118. The lowest BCUT2D eigenvalue weighted by Crippen LogP contribution is -2.42. The van der Waals surface area contributed by atoms with Gasteiger partial charge in [-0.2, -0.15) is 0 Å². The van der Waals surface area contributed by atoms with Crippen molar-refractivity contribution in [3.8, 4) is 0 Å². The summed E-state index contributed by atoms with van der Waals surface area (Å²) < 4.78 is 15.3. The Balaban J connectivity index is 1.71. The molecule has 0 saturated carbocycles. The van der Waals surface area contributed by atoms with Crippen LogP contribution in [-0.2, 0) is 6.67 Å². The number of benzene rings is 1. The van der Waals surface area contributed by atoms with Crippen molar-refractivity contribution in [2.75, 3.05) is 11.6 Å². The lowest BCUT2D eigenvalue weighted by molar-refractivity contribution is 0.568. The topological polar surface area (TPSA) is 50.5 Å². The Morgan fingerprint density at radius 1 is 1.17 bits per heavy atom. The number of hydrogen-bond acceptors (Lipinski definition) is 5. The van der Waals surface area contributed by atoms with Crippen LogP contribution in [-0.4, -0.2) is 16.2 Å². The summed E-state index contributed by atoms with van der Waals surface area (Å²) in [6.07, 6.45) is 3.47. The molecule has 0 radical (unpaired) electrons. The molecule has 24 heavy (non-hydrogen) atoms. The minimum absolute atomic E-state index is 0.0868. The van der Waals surface area contributed by atoms with E-state index in [1.165, 1.54) is 23.5 Å². The quantitative estimate of drug-likeness (QED) is 0.707. The van der Waals surface area contributed by atoms with Crippen molar-refractivity contribution in [3.05, 3.63) is 79.9 Å². The zero-order valence-corrected chi connectivity index (χ0v) is 13.4. The van der Waals surface area contributed by atoms with E-state index < -0.39 is 0 Å². The van der Waals surface area contributed by atoms with Crippen molar-refractivity contribution in [1.82, 2.24) is 9.55 Å². The molecule has 5 nitrogen and oxygen atoms in total. The van der Waals surface area contributed by atoms with Crippen LogP contribution in [0.25, 0.3) is 6.08 Å². The van der Waals surface area contributed by atoms with E-state index in [1.54, 1.807) is 29.0 Å². The third-order valence-corrected chi connectivity index (χ3v) is 4.78. The highest BCUT2D eigenvalue weighted by molar-refractivity contribution is 7.07. The maximum Gasteiger partial charge on any atom is 0.271 e. The van der Waals surface area contributed by atoms with E-state index in [4.69, 9.17) is 0 Å². The third kappa shape index (κ3) is 2.74. The van der Waals surface area contributed by atoms with Gasteiger partial charge >= 0.3 is 0 Å². The molecule has 3 heterocycles. The van der Waals surface area contributed by atoms with Crippen LogP contribution in [0.1, 0.15) is 5.69 Å². The Morgan fingerprint density at radius 2 is 2.00 bits per heavy atom. The monoisotopic (exact) mass is 340 g/mol. The SMILES string of the molecule is O=c1c(=Cc2ccccn2)sc2n1CN(c1ccc(F)cc1)CN=2. The largest absolute Gasteiger partial charge is 0.334 e. The number of thiazole rings is 1. The molecule has 0 unspecified atom stereocenters. The summed E-state index contributed by atoms with van der Waals surface area (Å²) >= 11 is 1.36. The molecular weight excluding hydrogens is 327 g/mol. The summed E-state index contributed by atoms with van der Waals surface area (Å²) in [5, 5.41) is 0. The number of hydrogen-bond donors (Lipinski definition) is 0. The first-order valence-corrected chi connectivity index (χ1v) is 8.20. The molecule has 0 spiro atoms. The van der Waals surface area contributed by atoms with Gasteiger partial charge in [0, 0.05) is 11.9 Å². The van der Waals surface area contributed by atoms with E-state index >= 15 is 0 Å². The highest BCUT2D eigenvalue weighted by Gasteiger charge is 2.15. The number of nitrogens with zero attached hydrogens (tertiary/aromatic N) is 4. The Bertz CT molecular complexity index is 1040. The fourth-order valence-electron chi connectivity index (χ4n) is 2.52. The number of rotatable bonds is 2. The summed E-state index contributed by atoms with van der Waals surface area (Å²) in [5.74, 6) is -0.284. The molecule has 0 N–H and O–H groups in total. The van der Waals surface area contributed by atoms with Crippen molar-refractivity contribution in [3.63, 3.8) is 0 Å². The molecule has 2 aromatic heterocycles. The summed E-state index contributed by atoms with van der Waals surface area (Å²) in [7, 11) is 0. The molecule has 0 bridgehead atoms. The molecule has 0 saturated heterocycles. The summed E-state index contributed by atoms with van der Waals surface area (Å²) in [6, 6.07) is 11.8. The lowest BCUT2D eigenvalue weighted by Gasteiger charge is -2.25. The van der Waals surface area contributed by atoms with Crippen molar-refractivity contribution in [1.29, 1.82) is 0 Å². The standard InChI is InChI=1S/C17H13FN4OS/c18-12-4-6-14(7-5-12)21-10-20-17-22(11-21)16(23)15(24-17)9-13-3-1-2-8-19-13/h1-9H,10-11H2. The predicted octanol–water partition coefficient (Wildman–Crippen LogP) is 1.33. The Hall–Kier alpha value is -2.80. The van der Waals surface area contributed by atoms with Crippen LogP contribution < -0.4 is 19.8 Å². The van der Waals surface area contributed by atoms with Gasteiger partial charge in [-0.3, -0.25) is 14.3 Å². The average Bonchev–Trinajstić information content (AvgIpc) is 2.92. The van der Waals surface area contributed by atoms with E-state index in [2.05, 4.69) is 9.98 Å². The normalized spacial score (nSPS) is 14.4. The van der Waals surface area contributed by atoms with Gasteiger partial charge in [-0.1, -0.05) is 17.4 Å². The van der Waals surface area contributed by atoms with Gasteiger partial charge in [-0.25, -0.2) is 9.38 Å². The van der Waals surface area contributed by atoms with Crippen LogP contribution in [0.2, 0.25) is 0 Å². The molecule has 4 rings (SSSR count). The molecule has 120 valence electrons. The fourth-order valence-corrected chi connectivity index (χ4v) is 3.47. The van der Waals surface area contributed by atoms with Gasteiger partial charge in [0.05, 0.1) is 10.2 Å². The minimum Gasteiger partial charge on any atom is -0.334 e. The molecule has 1 aliphatic rings. The average molecular weight is 340 g/mol. The van der Waals surface area contributed by atoms with Crippen LogP contribution in [0.5, 0.6) is 0 Å². The second-order valence-electron chi connectivity index (χ2n) is 5.34. The number of pyridine rings is 1. The number of anilines is 1. The zero-order chi connectivity index (χ0) is 16.5. The molecular formula is C17H13FN4OS. The van der Waals surface area contributed by atoms with Crippen molar-refractivity contribution in [2.24, 2.45) is 4.99 Å². The Morgan fingerprint density at radius 3 is 2.75 bits per heavy atom. The van der Waals surface area contributed by atoms with E-state index in [-0.39, 0.29) is 11.4 Å². The van der Waals surface area contributed by atoms with Gasteiger partial charge < -0.3 is 4.90 Å². The summed E-state index contributed by atoms with van der Waals surface area (Å²) in [4.78, 5) is 23.9. The van der Waals surface area contributed by atoms with Gasteiger partial charge in [-0.15, -0.1) is 0 Å². The van der Waals surface area contributed by atoms with E-state index in [0.717, 1.165) is 11.4 Å². The molecule has 1 aromatic carbocycles. The molecule has 0 fully saturated rings. The maximum absolute atomic E-state index is 13.1. The lowest BCUT2D eigenvalue weighted by atomic mass is 10.3. The Kier molecular flexibility index (Phi) is 3.70. The zero-order valence-electron chi connectivity index (χ0n) is 12.6. The predicted molar refractivity (Wildman–Crippen MR) is 90.9 cm³/mol. The van der Waals surface area contributed by atoms with Crippen molar-refractivity contribution >= 4 is 23.1 Å². The first kappa shape index (κ1) is 14.8. The van der Waals surface area contributed by atoms with Crippen LogP contribution in [0.3, 0.4) is 0 Å². The van der Waals surface area contributed by atoms with Gasteiger partial charge in [0.1, 0.15) is 19.2 Å². The second kappa shape index (κ2) is 6.01. The first-order chi connectivity index (χ1) is 11.7. The number of aromatic nitrogens is 2. The Labute approximate surface area is 140 Å². The molecule has 0 atom stereocenters. The van der Waals surface area contributed by atoms with E-state index in [0.29, 0.717) is 22.7 Å². The molecule has 3 aromatic rings. The summed E-state index contributed by atoms with van der Waals surface area (Å²) in [6.45, 7) is 0.838. The number of fused-ring (bicyclic) bond motifs is 1.